The van der Waals surface area contributed by atoms with Crippen LogP contribution in [0.3, 0.4) is 0 Å². The average Bonchev–Trinajstić information content (AvgIpc) is 2.48. The summed E-state index contributed by atoms with van der Waals surface area (Å²) < 4.78 is 31.4. The minimum absolute atomic E-state index is 0.0234. The molecule has 0 unspecified atom stereocenters. The first-order valence-electron chi connectivity index (χ1n) is 6.52. The van der Waals surface area contributed by atoms with Gasteiger partial charge in [0.05, 0.1) is 0 Å². The maximum atomic E-state index is 13.0. The lowest BCUT2D eigenvalue weighted by molar-refractivity contribution is 0.305. The molecule has 20 heavy (non-hydrogen) atoms. The Morgan fingerprint density at radius 3 is 2.35 bits per heavy atom. The molecule has 0 aliphatic carbocycles. The van der Waals surface area contributed by atoms with E-state index in [1.54, 1.807) is 0 Å². The summed E-state index contributed by atoms with van der Waals surface area (Å²) in [5.41, 5.74) is 7.55. The van der Waals surface area contributed by atoms with Gasteiger partial charge in [0, 0.05) is 6.04 Å². The van der Waals surface area contributed by atoms with E-state index >= 15 is 0 Å². The van der Waals surface area contributed by atoms with Gasteiger partial charge in [-0.05, 0) is 41.8 Å². The largest absolute Gasteiger partial charge is 0.489 e. The molecule has 2 aromatic rings. The van der Waals surface area contributed by atoms with Crippen molar-refractivity contribution in [1.82, 2.24) is 0 Å². The Bertz CT molecular complexity index is 569. The van der Waals surface area contributed by atoms with Gasteiger partial charge in [-0.15, -0.1) is 0 Å². The standard InChI is InChI=1S/C16H17F2NO/c1-2-16(19)12-4-6-13(7-5-12)20-10-11-3-8-14(17)15(18)9-11/h3-9,16H,2,10,19H2,1H3/t16-/m0/s1. The minimum Gasteiger partial charge on any atom is -0.489 e. The van der Waals surface area contributed by atoms with Crippen LogP contribution in [0.15, 0.2) is 42.5 Å². The molecule has 0 spiro atoms. The number of ether oxygens (including phenoxy) is 1. The maximum absolute atomic E-state index is 13.0. The van der Waals surface area contributed by atoms with Crippen LogP contribution in [0.25, 0.3) is 0 Å². The second-order valence-electron chi connectivity index (χ2n) is 4.62. The molecule has 0 radical (unpaired) electrons. The van der Waals surface area contributed by atoms with E-state index in [-0.39, 0.29) is 12.6 Å². The predicted octanol–water partition coefficient (Wildman–Crippen LogP) is 3.95. The Morgan fingerprint density at radius 2 is 1.75 bits per heavy atom. The van der Waals surface area contributed by atoms with Gasteiger partial charge in [-0.2, -0.15) is 0 Å². The molecule has 1 atom stereocenters. The van der Waals surface area contributed by atoms with Crippen molar-refractivity contribution in [2.24, 2.45) is 5.73 Å². The Morgan fingerprint density at radius 1 is 1.05 bits per heavy atom. The molecule has 4 heteroatoms. The molecule has 106 valence electrons. The second-order valence-corrected chi connectivity index (χ2v) is 4.62. The van der Waals surface area contributed by atoms with Gasteiger partial charge in [0.15, 0.2) is 11.6 Å². The molecule has 0 aliphatic rings. The van der Waals surface area contributed by atoms with Crippen LogP contribution in [-0.2, 0) is 6.61 Å². The van der Waals surface area contributed by atoms with Crippen molar-refractivity contribution in [2.75, 3.05) is 0 Å². The van der Waals surface area contributed by atoms with Gasteiger partial charge >= 0.3 is 0 Å². The fourth-order valence-electron chi connectivity index (χ4n) is 1.84. The van der Waals surface area contributed by atoms with Gasteiger partial charge in [-0.1, -0.05) is 25.1 Å². The molecule has 0 aliphatic heterocycles. The normalized spacial score (nSPS) is 12.2. The van der Waals surface area contributed by atoms with Crippen molar-refractivity contribution in [3.05, 3.63) is 65.2 Å². The van der Waals surface area contributed by atoms with Crippen LogP contribution in [0.2, 0.25) is 0 Å². The highest BCUT2D eigenvalue weighted by Gasteiger charge is 2.05. The van der Waals surface area contributed by atoms with E-state index in [9.17, 15) is 8.78 Å². The summed E-state index contributed by atoms with van der Waals surface area (Å²) in [4.78, 5) is 0. The van der Waals surface area contributed by atoms with E-state index in [0.29, 0.717) is 11.3 Å². The zero-order valence-corrected chi connectivity index (χ0v) is 11.3. The third-order valence-electron chi connectivity index (χ3n) is 3.14. The molecule has 0 bridgehead atoms. The van der Waals surface area contributed by atoms with Crippen molar-refractivity contribution >= 4 is 0 Å². The summed E-state index contributed by atoms with van der Waals surface area (Å²) in [6, 6.07) is 11.2. The van der Waals surface area contributed by atoms with Crippen LogP contribution in [0.4, 0.5) is 8.78 Å². The number of rotatable bonds is 5. The Hall–Kier alpha value is -1.94. The van der Waals surface area contributed by atoms with Gasteiger partial charge in [-0.25, -0.2) is 8.78 Å². The molecule has 2 N–H and O–H groups in total. The summed E-state index contributed by atoms with van der Waals surface area (Å²) in [6.07, 6.45) is 0.870. The van der Waals surface area contributed by atoms with Gasteiger partial charge in [0.25, 0.3) is 0 Å². The highest BCUT2D eigenvalue weighted by Crippen LogP contribution is 2.19. The predicted molar refractivity (Wildman–Crippen MR) is 74.4 cm³/mol. The monoisotopic (exact) mass is 277 g/mol. The smallest absolute Gasteiger partial charge is 0.159 e. The number of benzene rings is 2. The Balaban J connectivity index is 1.98. The maximum Gasteiger partial charge on any atom is 0.159 e. The van der Waals surface area contributed by atoms with Gasteiger partial charge < -0.3 is 10.5 Å². The molecule has 0 amide bonds. The number of hydrogen-bond acceptors (Lipinski definition) is 2. The highest BCUT2D eigenvalue weighted by molar-refractivity contribution is 5.29. The van der Waals surface area contributed by atoms with E-state index < -0.39 is 11.6 Å². The summed E-state index contributed by atoms with van der Waals surface area (Å²) in [7, 11) is 0. The molecule has 0 fully saturated rings. The molecular formula is C16H17F2NO. The number of hydrogen-bond donors (Lipinski definition) is 1. The molecule has 2 aromatic carbocycles. The van der Waals surface area contributed by atoms with Crippen LogP contribution in [-0.4, -0.2) is 0 Å². The fourth-order valence-corrected chi connectivity index (χ4v) is 1.84. The van der Waals surface area contributed by atoms with E-state index in [1.807, 2.05) is 31.2 Å². The molecule has 0 saturated heterocycles. The third kappa shape index (κ3) is 3.54. The van der Waals surface area contributed by atoms with Crippen molar-refractivity contribution in [1.29, 1.82) is 0 Å². The SMILES string of the molecule is CC[C@H](N)c1ccc(OCc2ccc(F)c(F)c2)cc1. The summed E-state index contributed by atoms with van der Waals surface area (Å²) in [5.74, 6) is -1.05. The van der Waals surface area contributed by atoms with Crippen LogP contribution in [0, 0.1) is 11.6 Å². The first kappa shape index (κ1) is 14.5. The topological polar surface area (TPSA) is 35.2 Å². The highest BCUT2D eigenvalue weighted by atomic mass is 19.2. The molecule has 0 aromatic heterocycles. The zero-order chi connectivity index (χ0) is 14.5. The van der Waals surface area contributed by atoms with Crippen molar-refractivity contribution in [3.63, 3.8) is 0 Å². The molecule has 2 nitrogen and oxygen atoms in total. The number of nitrogens with two attached hydrogens (primary N) is 1. The first-order valence-corrected chi connectivity index (χ1v) is 6.52. The number of halogens is 2. The lowest BCUT2D eigenvalue weighted by Gasteiger charge is -2.11. The molecule has 0 heterocycles. The van der Waals surface area contributed by atoms with E-state index in [2.05, 4.69) is 0 Å². The quantitative estimate of drug-likeness (QED) is 0.898. The average molecular weight is 277 g/mol. The van der Waals surface area contributed by atoms with Gasteiger partial charge in [-0.3, -0.25) is 0 Å². The first-order chi connectivity index (χ1) is 9.60. The van der Waals surface area contributed by atoms with Crippen LogP contribution >= 0.6 is 0 Å². The lowest BCUT2D eigenvalue weighted by Crippen LogP contribution is -2.08. The summed E-state index contributed by atoms with van der Waals surface area (Å²) in [5, 5.41) is 0. The van der Waals surface area contributed by atoms with E-state index in [0.717, 1.165) is 24.1 Å². The third-order valence-corrected chi connectivity index (χ3v) is 3.14. The van der Waals surface area contributed by atoms with Crippen molar-refractivity contribution in [2.45, 2.75) is 26.0 Å². The summed E-state index contributed by atoms with van der Waals surface area (Å²) in [6.45, 7) is 2.22. The van der Waals surface area contributed by atoms with E-state index in [1.165, 1.54) is 6.07 Å². The second kappa shape index (κ2) is 6.48. The lowest BCUT2D eigenvalue weighted by atomic mass is 10.1. The van der Waals surface area contributed by atoms with Crippen LogP contribution in [0.5, 0.6) is 5.75 Å². The molecular weight excluding hydrogens is 260 g/mol. The van der Waals surface area contributed by atoms with Gasteiger partial charge in [0.1, 0.15) is 12.4 Å². The van der Waals surface area contributed by atoms with Crippen LogP contribution < -0.4 is 10.5 Å². The molecule has 0 saturated carbocycles. The fraction of sp³-hybridized carbons (Fsp3) is 0.250. The Labute approximate surface area is 117 Å². The van der Waals surface area contributed by atoms with E-state index in [4.69, 9.17) is 10.5 Å². The van der Waals surface area contributed by atoms with Crippen LogP contribution in [0.1, 0.15) is 30.5 Å². The molecule has 2 rings (SSSR count). The Kier molecular flexibility index (Phi) is 4.69. The zero-order valence-electron chi connectivity index (χ0n) is 11.3. The van der Waals surface area contributed by atoms with Crippen molar-refractivity contribution < 1.29 is 13.5 Å². The van der Waals surface area contributed by atoms with Crippen molar-refractivity contribution in [3.8, 4) is 5.75 Å². The summed E-state index contributed by atoms with van der Waals surface area (Å²) >= 11 is 0. The minimum atomic E-state index is -0.865. The van der Waals surface area contributed by atoms with Gasteiger partial charge in [0.2, 0.25) is 0 Å².